The molecular weight excluding hydrogens is 262 g/mol. The summed E-state index contributed by atoms with van der Waals surface area (Å²) in [5, 5.41) is 11.2. The second-order valence-electron chi connectivity index (χ2n) is 4.95. The van der Waals surface area contributed by atoms with Crippen molar-refractivity contribution in [3.05, 3.63) is 5.69 Å². The van der Waals surface area contributed by atoms with Gasteiger partial charge in [0.05, 0.1) is 6.54 Å². The predicted molar refractivity (Wildman–Crippen MR) is 78.3 cm³/mol. The largest absolute Gasteiger partial charge is 0.374 e. The molecule has 0 saturated carbocycles. The minimum Gasteiger partial charge on any atom is -0.374 e. The maximum absolute atomic E-state index is 11.7. The summed E-state index contributed by atoms with van der Waals surface area (Å²) in [6.45, 7) is 8.74. The van der Waals surface area contributed by atoms with Crippen LogP contribution in [0, 0.1) is 5.92 Å². The van der Waals surface area contributed by atoms with Crippen LogP contribution in [0.1, 0.15) is 26.5 Å². The second-order valence-corrected chi connectivity index (χ2v) is 5.70. The van der Waals surface area contributed by atoms with Crippen molar-refractivity contribution in [3.63, 3.8) is 0 Å². The molecule has 0 saturated heterocycles. The van der Waals surface area contributed by atoms with Crippen LogP contribution in [-0.4, -0.2) is 47.1 Å². The van der Waals surface area contributed by atoms with E-state index in [-0.39, 0.29) is 5.91 Å². The quantitative estimate of drug-likeness (QED) is 0.750. The molecule has 0 aliphatic rings. The maximum atomic E-state index is 11.7. The van der Waals surface area contributed by atoms with E-state index in [9.17, 15) is 4.79 Å². The van der Waals surface area contributed by atoms with Crippen molar-refractivity contribution in [2.24, 2.45) is 5.92 Å². The summed E-state index contributed by atoms with van der Waals surface area (Å²) in [5.74, 6) is 0.516. The second kappa shape index (κ2) is 8.06. The first-order chi connectivity index (χ1) is 9.02. The Morgan fingerprint density at radius 1 is 1.47 bits per heavy atom. The molecule has 7 heteroatoms. The van der Waals surface area contributed by atoms with E-state index in [1.54, 1.807) is 0 Å². The molecule has 1 heterocycles. The molecule has 0 fully saturated rings. The van der Waals surface area contributed by atoms with Crippen molar-refractivity contribution in [3.8, 4) is 0 Å². The number of carbonyl (C=O) groups is 1. The highest BCUT2D eigenvalue weighted by molar-refractivity contribution is 7.10. The molecule has 0 aliphatic carbocycles. The molecule has 0 bridgehead atoms. The zero-order valence-corrected chi connectivity index (χ0v) is 12.9. The van der Waals surface area contributed by atoms with E-state index in [2.05, 4.69) is 34.1 Å². The highest BCUT2D eigenvalue weighted by Gasteiger charge is 2.12. The number of anilines is 1. The van der Waals surface area contributed by atoms with Crippen molar-refractivity contribution in [1.29, 1.82) is 0 Å². The number of hydrogen-bond donors (Lipinski definition) is 2. The van der Waals surface area contributed by atoms with Crippen LogP contribution < -0.4 is 10.6 Å². The topological polar surface area (TPSA) is 70.2 Å². The molecular formula is C12H23N5OS. The third-order valence-electron chi connectivity index (χ3n) is 2.43. The van der Waals surface area contributed by atoms with Crippen LogP contribution in [0.25, 0.3) is 0 Å². The Kier molecular flexibility index (Phi) is 6.72. The molecule has 0 spiro atoms. The van der Waals surface area contributed by atoms with Gasteiger partial charge in [0.1, 0.15) is 10.7 Å². The lowest BCUT2D eigenvalue weighted by Gasteiger charge is -2.16. The van der Waals surface area contributed by atoms with Gasteiger partial charge in [-0.25, -0.2) is 0 Å². The highest BCUT2D eigenvalue weighted by Crippen LogP contribution is 2.18. The van der Waals surface area contributed by atoms with Crippen LogP contribution in [0.4, 0.5) is 5.00 Å². The minimum atomic E-state index is 0.0457. The molecule has 0 unspecified atom stereocenters. The normalized spacial score (nSPS) is 11.1. The van der Waals surface area contributed by atoms with E-state index < -0.39 is 0 Å². The van der Waals surface area contributed by atoms with Crippen molar-refractivity contribution >= 4 is 22.4 Å². The summed E-state index contributed by atoms with van der Waals surface area (Å²) in [7, 11) is 1.91. The number of aromatic nitrogens is 2. The van der Waals surface area contributed by atoms with Crippen molar-refractivity contribution < 1.29 is 4.79 Å². The molecule has 0 aromatic carbocycles. The minimum absolute atomic E-state index is 0.0457. The van der Waals surface area contributed by atoms with Crippen LogP contribution in [0.5, 0.6) is 0 Å². The van der Waals surface area contributed by atoms with E-state index in [4.69, 9.17) is 0 Å². The first-order valence-corrected chi connectivity index (χ1v) is 7.30. The SMILES string of the molecule is CCNc1snnc1CN(C)CC(=O)NCC(C)C. The van der Waals surface area contributed by atoms with Crippen LogP contribution in [0.2, 0.25) is 0 Å². The number of rotatable bonds is 8. The zero-order valence-electron chi connectivity index (χ0n) is 12.1. The molecule has 6 nitrogen and oxygen atoms in total. The summed E-state index contributed by atoms with van der Waals surface area (Å²) in [6, 6.07) is 0. The van der Waals surface area contributed by atoms with E-state index in [0.29, 0.717) is 25.6 Å². The zero-order chi connectivity index (χ0) is 14.3. The number of amides is 1. The molecule has 1 aromatic heterocycles. The van der Waals surface area contributed by atoms with Gasteiger partial charge in [0.15, 0.2) is 0 Å². The molecule has 1 aromatic rings. The smallest absolute Gasteiger partial charge is 0.234 e. The van der Waals surface area contributed by atoms with Crippen LogP contribution in [0.15, 0.2) is 0 Å². The lowest BCUT2D eigenvalue weighted by atomic mass is 10.2. The summed E-state index contributed by atoms with van der Waals surface area (Å²) < 4.78 is 3.93. The van der Waals surface area contributed by atoms with Gasteiger partial charge in [-0.3, -0.25) is 9.69 Å². The Morgan fingerprint density at radius 3 is 2.84 bits per heavy atom. The third kappa shape index (κ3) is 5.98. The van der Waals surface area contributed by atoms with Gasteiger partial charge in [-0.15, -0.1) is 5.10 Å². The Morgan fingerprint density at radius 2 is 2.21 bits per heavy atom. The van der Waals surface area contributed by atoms with Crippen molar-refractivity contribution in [2.45, 2.75) is 27.3 Å². The van der Waals surface area contributed by atoms with Crippen LogP contribution in [0.3, 0.4) is 0 Å². The summed E-state index contributed by atoms with van der Waals surface area (Å²) in [6.07, 6.45) is 0. The van der Waals surface area contributed by atoms with Gasteiger partial charge < -0.3 is 10.6 Å². The van der Waals surface area contributed by atoms with Crippen molar-refractivity contribution in [2.75, 3.05) is 32.0 Å². The molecule has 1 rings (SSSR count). The molecule has 0 aliphatic heterocycles. The first kappa shape index (κ1) is 15.8. The Balaban J connectivity index is 2.39. The van der Waals surface area contributed by atoms with E-state index >= 15 is 0 Å². The maximum Gasteiger partial charge on any atom is 0.234 e. The van der Waals surface area contributed by atoms with Crippen LogP contribution >= 0.6 is 11.5 Å². The number of nitrogens with zero attached hydrogens (tertiary/aromatic N) is 3. The van der Waals surface area contributed by atoms with Gasteiger partial charge in [0.25, 0.3) is 0 Å². The highest BCUT2D eigenvalue weighted by atomic mass is 32.1. The molecule has 0 radical (unpaired) electrons. The summed E-state index contributed by atoms with van der Waals surface area (Å²) >= 11 is 1.35. The lowest BCUT2D eigenvalue weighted by molar-refractivity contribution is -0.122. The van der Waals surface area contributed by atoms with E-state index in [0.717, 1.165) is 17.2 Å². The average Bonchev–Trinajstić information content (AvgIpc) is 2.74. The summed E-state index contributed by atoms with van der Waals surface area (Å²) in [4.78, 5) is 13.6. The van der Waals surface area contributed by atoms with Gasteiger partial charge in [-0.05, 0) is 19.9 Å². The fourth-order valence-electron chi connectivity index (χ4n) is 1.54. The Hall–Kier alpha value is -1.21. The standard InChI is InChI=1S/C12H23N5OS/c1-5-13-12-10(15-16-19-12)7-17(4)8-11(18)14-6-9(2)3/h9,13H,5-8H2,1-4H3,(H,14,18). The molecule has 108 valence electrons. The van der Waals surface area contributed by atoms with Gasteiger partial charge in [0, 0.05) is 31.2 Å². The first-order valence-electron chi connectivity index (χ1n) is 6.53. The number of nitrogens with one attached hydrogen (secondary N) is 2. The summed E-state index contributed by atoms with van der Waals surface area (Å²) in [5.41, 5.74) is 0.894. The predicted octanol–water partition coefficient (Wildman–Crippen LogP) is 1.17. The Labute approximate surface area is 118 Å². The fraction of sp³-hybridized carbons (Fsp3) is 0.750. The molecule has 1 amide bonds. The van der Waals surface area contributed by atoms with Crippen LogP contribution in [-0.2, 0) is 11.3 Å². The van der Waals surface area contributed by atoms with Crippen molar-refractivity contribution in [1.82, 2.24) is 19.8 Å². The number of carbonyl (C=O) groups excluding carboxylic acids is 1. The van der Waals surface area contributed by atoms with Gasteiger partial charge >= 0.3 is 0 Å². The van der Waals surface area contributed by atoms with E-state index in [1.165, 1.54) is 11.5 Å². The number of likely N-dealkylation sites (N-methyl/N-ethyl adjacent to an activating group) is 1. The Bertz CT molecular complexity index is 393. The number of hydrogen-bond acceptors (Lipinski definition) is 6. The van der Waals surface area contributed by atoms with Gasteiger partial charge in [-0.2, -0.15) is 0 Å². The molecule has 19 heavy (non-hydrogen) atoms. The lowest BCUT2D eigenvalue weighted by Crippen LogP contribution is -2.36. The monoisotopic (exact) mass is 285 g/mol. The third-order valence-corrected chi connectivity index (χ3v) is 3.16. The van der Waals surface area contributed by atoms with E-state index in [1.807, 2.05) is 18.9 Å². The van der Waals surface area contributed by atoms with Gasteiger partial charge in [0.2, 0.25) is 5.91 Å². The average molecular weight is 285 g/mol. The molecule has 2 N–H and O–H groups in total. The fourth-order valence-corrected chi connectivity index (χ4v) is 2.18. The molecule has 0 atom stereocenters. The van der Waals surface area contributed by atoms with Gasteiger partial charge in [-0.1, -0.05) is 18.3 Å².